The molecule has 186 valence electrons. The van der Waals surface area contributed by atoms with E-state index in [2.05, 4.69) is 30.1 Å². The van der Waals surface area contributed by atoms with Crippen LogP contribution in [0.4, 0.5) is 5.00 Å². The molecule has 1 aliphatic heterocycles. The highest BCUT2D eigenvalue weighted by Gasteiger charge is 2.28. The van der Waals surface area contributed by atoms with Crippen LogP contribution in [-0.2, 0) is 35.3 Å². The largest absolute Gasteiger partial charge is 0.452 e. The van der Waals surface area contributed by atoms with Gasteiger partial charge in [-0.25, -0.2) is 4.79 Å². The van der Waals surface area contributed by atoms with Crippen molar-refractivity contribution in [3.63, 3.8) is 0 Å². The minimum absolute atomic E-state index is 0.410. The molecule has 1 unspecified atom stereocenters. The lowest BCUT2D eigenvalue weighted by Crippen LogP contribution is -2.33. The molecule has 36 heavy (non-hydrogen) atoms. The summed E-state index contributed by atoms with van der Waals surface area (Å²) in [5, 5.41) is 13.8. The average molecular weight is 503 g/mol. The normalized spacial score (nSPS) is 17.2. The van der Waals surface area contributed by atoms with E-state index in [4.69, 9.17) is 9.72 Å². The average Bonchev–Trinajstić information content (AvgIpc) is 3.21. The number of thiophene rings is 1. The molecule has 7 nitrogen and oxygen atoms in total. The molecule has 5 rings (SSSR count). The maximum atomic E-state index is 13.4. The highest BCUT2D eigenvalue weighted by molar-refractivity contribution is 7.16. The Morgan fingerprint density at radius 1 is 1.28 bits per heavy atom. The Kier molecular flexibility index (Phi) is 7.04. The van der Waals surface area contributed by atoms with E-state index in [0.717, 1.165) is 72.9 Å². The van der Waals surface area contributed by atoms with Crippen molar-refractivity contribution in [1.82, 2.24) is 9.88 Å². The van der Waals surface area contributed by atoms with Gasteiger partial charge in [0.05, 0.1) is 16.6 Å². The lowest BCUT2D eigenvalue weighted by Gasteiger charge is -2.29. The monoisotopic (exact) mass is 502 g/mol. The predicted octanol–water partition coefficient (Wildman–Crippen LogP) is 4.86. The van der Waals surface area contributed by atoms with E-state index in [1.165, 1.54) is 16.2 Å². The van der Waals surface area contributed by atoms with Gasteiger partial charge < -0.3 is 10.1 Å². The van der Waals surface area contributed by atoms with Crippen LogP contribution in [0.25, 0.3) is 10.9 Å². The molecule has 1 N–H and O–H groups in total. The number of pyridine rings is 1. The molecule has 3 heterocycles. The first kappa shape index (κ1) is 24.4. The number of carbonyl (C=O) groups excluding carboxylic acids is 2. The van der Waals surface area contributed by atoms with Crippen molar-refractivity contribution in [2.24, 2.45) is 5.92 Å². The molecule has 2 aliphatic rings. The fourth-order valence-electron chi connectivity index (χ4n) is 5.31. The first-order valence-corrected chi connectivity index (χ1v) is 13.4. The third-order valence-electron chi connectivity index (χ3n) is 7.08. The maximum absolute atomic E-state index is 13.4. The van der Waals surface area contributed by atoms with Crippen molar-refractivity contribution in [1.29, 1.82) is 5.26 Å². The first-order valence-electron chi connectivity index (χ1n) is 12.6. The number of rotatable bonds is 6. The SMILES string of the molecule is CCCN1CCc2nc3ccccc3c(C(=O)OCC(=O)Nc3sc4c(c3C#N)CCC(C)C4)c2C1. The summed E-state index contributed by atoms with van der Waals surface area (Å²) in [5.74, 6) is -0.383. The van der Waals surface area contributed by atoms with Gasteiger partial charge in [-0.3, -0.25) is 14.7 Å². The van der Waals surface area contributed by atoms with Gasteiger partial charge in [0.2, 0.25) is 0 Å². The van der Waals surface area contributed by atoms with E-state index >= 15 is 0 Å². The second-order valence-corrected chi connectivity index (χ2v) is 10.9. The van der Waals surface area contributed by atoms with Crippen molar-refractivity contribution in [2.75, 3.05) is 25.0 Å². The smallest absolute Gasteiger partial charge is 0.339 e. The zero-order valence-corrected chi connectivity index (χ0v) is 21.5. The van der Waals surface area contributed by atoms with Crippen LogP contribution in [0, 0.1) is 17.2 Å². The van der Waals surface area contributed by atoms with Gasteiger partial charge in [-0.2, -0.15) is 5.26 Å². The number of carbonyl (C=O) groups is 2. The summed E-state index contributed by atoms with van der Waals surface area (Å²) in [6.07, 6.45) is 4.64. The molecule has 1 amide bonds. The van der Waals surface area contributed by atoms with Crippen molar-refractivity contribution in [3.8, 4) is 6.07 Å². The number of benzene rings is 1. The number of fused-ring (bicyclic) bond motifs is 3. The van der Waals surface area contributed by atoms with Crippen LogP contribution < -0.4 is 5.32 Å². The van der Waals surface area contributed by atoms with E-state index in [9.17, 15) is 14.9 Å². The first-order chi connectivity index (χ1) is 17.5. The molecule has 1 atom stereocenters. The van der Waals surface area contributed by atoms with Crippen LogP contribution in [0.5, 0.6) is 0 Å². The van der Waals surface area contributed by atoms with E-state index in [1.807, 2.05) is 24.3 Å². The van der Waals surface area contributed by atoms with Crippen LogP contribution in [0.3, 0.4) is 0 Å². The van der Waals surface area contributed by atoms with Gasteiger partial charge in [0.1, 0.15) is 11.1 Å². The second kappa shape index (κ2) is 10.4. The Morgan fingerprint density at radius 3 is 2.92 bits per heavy atom. The summed E-state index contributed by atoms with van der Waals surface area (Å²) in [4.78, 5) is 34.5. The number of para-hydroxylation sites is 1. The number of ether oxygens (including phenoxy) is 1. The van der Waals surface area contributed by atoms with Gasteiger partial charge in [0.25, 0.3) is 5.91 Å². The Balaban J connectivity index is 1.35. The summed E-state index contributed by atoms with van der Waals surface area (Å²) in [6, 6.07) is 9.84. The van der Waals surface area contributed by atoms with Gasteiger partial charge in [-0.05, 0) is 49.8 Å². The fraction of sp³-hybridized carbons (Fsp3) is 0.429. The van der Waals surface area contributed by atoms with Gasteiger partial charge >= 0.3 is 5.97 Å². The van der Waals surface area contributed by atoms with Crippen molar-refractivity contribution in [3.05, 3.63) is 57.1 Å². The molecule has 0 saturated carbocycles. The van der Waals surface area contributed by atoms with E-state index in [-0.39, 0.29) is 0 Å². The van der Waals surface area contributed by atoms with Crippen LogP contribution >= 0.6 is 11.3 Å². The Morgan fingerprint density at radius 2 is 2.11 bits per heavy atom. The molecule has 0 saturated heterocycles. The quantitative estimate of drug-likeness (QED) is 0.484. The summed E-state index contributed by atoms with van der Waals surface area (Å²) in [6.45, 7) is 6.44. The van der Waals surface area contributed by atoms with E-state index < -0.39 is 18.5 Å². The van der Waals surface area contributed by atoms with Crippen molar-refractivity contribution in [2.45, 2.75) is 52.5 Å². The third-order valence-corrected chi connectivity index (χ3v) is 8.25. The molecule has 1 aromatic carbocycles. The number of nitrogens with zero attached hydrogens (tertiary/aromatic N) is 3. The number of aromatic nitrogens is 1. The zero-order valence-electron chi connectivity index (χ0n) is 20.7. The van der Waals surface area contributed by atoms with Crippen molar-refractivity contribution < 1.29 is 14.3 Å². The van der Waals surface area contributed by atoms with Crippen LogP contribution in [0.15, 0.2) is 24.3 Å². The van der Waals surface area contributed by atoms with Crippen LogP contribution in [-0.4, -0.2) is 41.5 Å². The van der Waals surface area contributed by atoms with Gasteiger partial charge in [0.15, 0.2) is 6.61 Å². The van der Waals surface area contributed by atoms with E-state index in [0.29, 0.717) is 28.6 Å². The molecule has 0 bridgehead atoms. The molecule has 0 spiro atoms. The molecule has 0 radical (unpaired) electrons. The summed E-state index contributed by atoms with van der Waals surface area (Å²) >= 11 is 1.47. The number of anilines is 1. The predicted molar refractivity (Wildman–Crippen MR) is 140 cm³/mol. The minimum Gasteiger partial charge on any atom is -0.452 e. The number of nitrogens with one attached hydrogen (secondary N) is 1. The minimum atomic E-state index is -0.516. The molecule has 2 aromatic heterocycles. The molecule has 8 heteroatoms. The van der Waals surface area contributed by atoms with Crippen LogP contribution in [0.1, 0.15) is 64.3 Å². The standard InChI is InChI=1S/C28H30N4O3S/c1-3-11-32-12-10-23-21(15-32)26(19-6-4-5-7-22(19)30-23)28(34)35-16-25(33)31-27-20(14-29)18-9-8-17(2)13-24(18)36-27/h4-7,17H,3,8-13,15-16H2,1-2H3,(H,31,33). The molecular formula is C28H30N4O3S. The van der Waals surface area contributed by atoms with Crippen LogP contribution in [0.2, 0.25) is 0 Å². The fourth-order valence-corrected chi connectivity index (χ4v) is 6.69. The molecule has 1 aliphatic carbocycles. The molecule has 3 aromatic rings. The Labute approximate surface area is 215 Å². The third kappa shape index (κ3) is 4.73. The van der Waals surface area contributed by atoms with Gasteiger partial charge in [0, 0.05) is 41.0 Å². The highest BCUT2D eigenvalue weighted by Crippen LogP contribution is 2.39. The van der Waals surface area contributed by atoms with E-state index in [1.54, 1.807) is 0 Å². The zero-order chi connectivity index (χ0) is 25.2. The van der Waals surface area contributed by atoms with Crippen molar-refractivity contribution >= 4 is 39.1 Å². The highest BCUT2D eigenvalue weighted by atomic mass is 32.1. The summed E-state index contributed by atoms with van der Waals surface area (Å²) < 4.78 is 5.55. The number of esters is 1. The molecule has 0 fully saturated rings. The summed E-state index contributed by atoms with van der Waals surface area (Å²) in [5.41, 5.74) is 4.68. The number of amides is 1. The number of nitriles is 1. The Hall–Kier alpha value is -3.28. The maximum Gasteiger partial charge on any atom is 0.339 e. The lowest BCUT2D eigenvalue weighted by molar-refractivity contribution is -0.119. The summed E-state index contributed by atoms with van der Waals surface area (Å²) in [7, 11) is 0. The van der Waals surface area contributed by atoms with Gasteiger partial charge in [-0.15, -0.1) is 11.3 Å². The second-order valence-electron chi connectivity index (χ2n) is 9.75. The molecular weight excluding hydrogens is 472 g/mol. The lowest BCUT2D eigenvalue weighted by atomic mass is 9.89. The topological polar surface area (TPSA) is 95.3 Å². The number of hydrogen-bond donors (Lipinski definition) is 1. The Bertz CT molecular complexity index is 1370. The number of hydrogen-bond acceptors (Lipinski definition) is 7. The van der Waals surface area contributed by atoms with Gasteiger partial charge in [-0.1, -0.05) is 32.0 Å².